The molecule has 136 valence electrons. The van der Waals surface area contributed by atoms with E-state index in [2.05, 4.69) is 10.2 Å². The molecule has 4 rings (SSSR count). The molecule has 3 N–H and O–H groups in total. The number of benzene rings is 1. The van der Waals surface area contributed by atoms with Crippen molar-refractivity contribution in [3.8, 4) is 16.9 Å². The molecule has 2 aliphatic carbocycles. The largest absolute Gasteiger partial charge is 0.494 e. The average molecular weight is 343 g/mol. The fourth-order valence-electron chi connectivity index (χ4n) is 4.34. The van der Waals surface area contributed by atoms with Crippen LogP contribution in [0.1, 0.15) is 44.9 Å². The number of para-hydroxylation sites is 1. The zero-order chi connectivity index (χ0) is 17.7. The van der Waals surface area contributed by atoms with Crippen molar-refractivity contribution in [2.24, 2.45) is 5.41 Å². The van der Waals surface area contributed by atoms with Crippen LogP contribution in [0.15, 0.2) is 30.6 Å². The van der Waals surface area contributed by atoms with E-state index in [1.54, 1.807) is 19.5 Å². The minimum Gasteiger partial charge on any atom is -0.494 e. The highest BCUT2D eigenvalue weighted by Gasteiger charge is 2.40. The number of nitrogen functional groups attached to an aromatic ring is 1. The summed E-state index contributed by atoms with van der Waals surface area (Å²) in [6.07, 6.45) is 14.1. The second-order valence-electron chi connectivity index (χ2n) is 7.22. The fourth-order valence-corrected chi connectivity index (χ4v) is 4.34. The van der Waals surface area contributed by atoms with Crippen molar-refractivity contribution in [3.05, 3.63) is 30.6 Å². The third-order valence-corrected chi connectivity index (χ3v) is 5.71. The monoisotopic (exact) mass is 343 g/mol. The second kappa shape index (κ2) is 7.91. The second-order valence-corrected chi connectivity index (χ2v) is 7.22. The summed E-state index contributed by atoms with van der Waals surface area (Å²) in [7, 11) is 3.47. The number of aromatic nitrogens is 2. The minimum absolute atomic E-state index is 0.591. The van der Waals surface area contributed by atoms with E-state index in [0.717, 1.165) is 16.5 Å². The third-order valence-electron chi connectivity index (χ3n) is 5.71. The molecule has 0 saturated heterocycles. The Morgan fingerprint density at radius 3 is 2.60 bits per heavy atom. The first-order chi connectivity index (χ1) is 12.2. The van der Waals surface area contributed by atoms with Gasteiger partial charge >= 0.3 is 0 Å². The Morgan fingerprint density at radius 1 is 1.20 bits per heavy atom. The molecule has 0 bridgehead atoms. The number of rotatable bonds is 3. The van der Waals surface area contributed by atoms with Crippen LogP contribution in [-0.4, -0.2) is 30.5 Å². The van der Waals surface area contributed by atoms with Crippen molar-refractivity contribution in [2.45, 2.75) is 51.0 Å². The van der Waals surface area contributed by atoms with Crippen molar-refractivity contribution >= 4 is 5.69 Å². The van der Waals surface area contributed by atoms with Crippen LogP contribution in [0.2, 0.25) is 0 Å². The molecule has 0 unspecified atom stereocenters. The van der Waals surface area contributed by atoms with Crippen LogP contribution in [0, 0.1) is 5.41 Å². The summed E-state index contributed by atoms with van der Waals surface area (Å²) in [6.45, 7) is 0. The van der Waals surface area contributed by atoms with Crippen molar-refractivity contribution in [3.63, 3.8) is 0 Å². The van der Waals surface area contributed by atoms with Gasteiger partial charge in [-0.05, 0) is 43.6 Å². The first-order valence-corrected chi connectivity index (χ1v) is 9.12. The normalized spacial score (nSPS) is 21.1. The Morgan fingerprint density at radius 2 is 2.00 bits per heavy atom. The van der Waals surface area contributed by atoms with Gasteiger partial charge in [0.1, 0.15) is 5.75 Å². The van der Waals surface area contributed by atoms with E-state index in [-0.39, 0.29) is 0 Å². The Labute approximate surface area is 149 Å². The molecule has 1 aromatic carbocycles. The Hall–Kier alpha value is -2.01. The third kappa shape index (κ3) is 3.98. The first-order valence-electron chi connectivity index (χ1n) is 9.12. The molecule has 1 atom stereocenters. The van der Waals surface area contributed by atoms with Crippen LogP contribution in [0.3, 0.4) is 0 Å². The van der Waals surface area contributed by atoms with Crippen LogP contribution in [0.4, 0.5) is 5.69 Å². The predicted octanol–water partition coefficient (Wildman–Crippen LogP) is 4.41. The summed E-state index contributed by atoms with van der Waals surface area (Å²) < 4.78 is 10.6. The summed E-state index contributed by atoms with van der Waals surface area (Å²) in [5.74, 6) is 0.689. The van der Waals surface area contributed by atoms with Gasteiger partial charge in [-0.15, -0.1) is 0 Å². The van der Waals surface area contributed by atoms with Gasteiger partial charge in [-0.2, -0.15) is 5.10 Å². The van der Waals surface area contributed by atoms with Gasteiger partial charge in [-0.25, -0.2) is 0 Å². The van der Waals surface area contributed by atoms with E-state index in [4.69, 9.17) is 15.2 Å². The minimum atomic E-state index is 0.591. The highest BCUT2D eigenvalue weighted by molar-refractivity contribution is 5.76. The van der Waals surface area contributed by atoms with Crippen LogP contribution in [0.25, 0.3) is 11.1 Å². The number of hydrogen-bond donors (Lipinski definition) is 2. The van der Waals surface area contributed by atoms with Gasteiger partial charge in [0.05, 0.1) is 25.1 Å². The lowest BCUT2D eigenvalue weighted by Gasteiger charge is -2.21. The summed E-state index contributed by atoms with van der Waals surface area (Å²) in [6, 6.07) is 5.64. The van der Waals surface area contributed by atoms with E-state index < -0.39 is 0 Å². The highest BCUT2D eigenvalue weighted by Crippen LogP contribution is 2.51. The Bertz CT molecular complexity index is 664. The molecule has 2 aromatic rings. The molecule has 1 aromatic heterocycles. The van der Waals surface area contributed by atoms with Crippen LogP contribution in [0.5, 0.6) is 5.75 Å². The first kappa shape index (κ1) is 17.8. The Balaban J connectivity index is 0.000000150. The number of methoxy groups -OCH3 is 2. The number of H-pyrrole nitrogens is 1. The van der Waals surface area contributed by atoms with E-state index >= 15 is 0 Å². The molecule has 0 radical (unpaired) electrons. The lowest BCUT2D eigenvalue weighted by Crippen LogP contribution is -2.13. The zero-order valence-corrected chi connectivity index (χ0v) is 15.3. The van der Waals surface area contributed by atoms with E-state index in [1.165, 1.54) is 44.9 Å². The molecule has 0 aliphatic heterocycles. The lowest BCUT2D eigenvalue weighted by molar-refractivity contribution is 0.0958. The van der Waals surface area contributed by atoms with Gasteiger partial charge in [0.15, 0.2) is 0 Å². The fraction of sp³-hybridized carbons (Fsp3) is 0.550. The lowest BCUT2D eigenvalue weighted by atomic mass is 9.85. The molecule has 5 heteroatoms. The van der Waals surface area contributed by atoms with Crippen LogP contribution < -0.4 is 10.5 Å². The maximum Gasteiger partial charge on any atom is 0.149 e. The van der Waals surface area contributed by atoms with Gasteiger partial charge in [0, 0.05) is 24.4 Å². The van der Waals surface area contributed by atoms with Crippen molar-refractivity contribution in [1.82, 2.24) is 10.2 Å². The number of anilines is 1. The summed E-state index contributed by atoms with van der Waals surface area (Å²) in [4.78, 5) is 0. The van der Waals surface area contributed by atoms with Gasteiger partial charge in [0.25, 0.3) is 0 Å². The molecule has 0 amide bonds. The zero-order valence-electron chi connectivity index (χ0n) is 15.3. The van der Waals surface area contributed by atoms with E-state index in [0.29, 0.717) is 17.5 Å². The molecular weight excluding hydrogens is 314 g/mol. The van der Waals surface area contributed by atoms with Gasteiger partial charge < -0.3 is 15.2 Å². The summed E-state index contributed by atoms with van der Waals surface area (Å²) in [5.41, 5.74) is 9.06. The SMILES string of the molecule is CO[C@H]1CCC2(CCCC2)C1.COc1c(N)cccc1-c1cn[nH]c1. The average Bonchev–Trinajstić information content (AvgIpc) is 3.38. The van der Waals surface area contributed by atoms with E-state index in [1.807, 2.05) is 25.3 Å². The van der Waals surface area contributed by atoms with Crippen molar-refractivity contribution in [2.75, 3.05) is 20.0 Å². The molecule has 2 fully saturated rings. The maximum absolute atomic E-state index is 5.78. The van der Waals surface area contributed by atoms with Gasteiger partial charge in [0.2, 0.25) is 0 Å². The van der Waals surface area contributed by atoms with Crippen molar-refractivity contribution < 1.29 is 9.47 Å². The standard InChI is InChI=1S/C10H11N3O.C10H18O/c1-14-10-8(3-2-4-9(10)11)7-5-12-13-6-7;1-11-9-4-7-10(8-9)5-2-3-6-10/h2-6H,11H2,1H3,(H,12,13);9H,2-8H2,1H3/t;9-/m.0/s1. The topological polar surface area (TPSA) is 73.2 Å². The van der Waals surface area contributed by atoms with Gasteiger partial charge in [-0.1, -0.05) is 25.0 Å². The number of ether oxygens (including phenoxy) is 2. The van der Waals surface area contributed by atoms with Crippen LogP contribution >= 0.6 is 0 Å². The predicted molar refractivity (Wildman–Crippen MR) is 101 cm³/mol. The highest BCUT2D eigenvalue weighted by atomic mass is 16.5. The molecular formula is C20H29N3O2. The number of nitrogens with one attached hydrogen (secondary N) is 1. The smallest absolute Gasteiger partial charge is 0.149 e. The molecule has 1 heterocycles. The molecule has 5 nitrogen and oxygen atoms in total. The number of nitrogens with zero attached hydrogens (tertiary/aromatic N) is 1. The summed E-state index contributed by atoms with van der Waals surface area (Å²) in [5, 5.41) is 6.63. The number of nitrogens with two attached hydrogens (primary N) is 1. The molecule has 1 spiro atoms. The summed E-state index contributed by atoms with van der Waals surface area (Å²) >= 11 is 0. The maximum atomic E-state index is 5.78. The number of aromatic amines is 1. The number of hydrogen-bond acceptors (Lipinski definition) is 4. The van der Waals surface area contributed by atoms with Crippen LogP contribution in [-0.2, 0) is 4.74 Å². The quantitative estimate of drug-likeness (QED) is 0.810. The molecule has 25 heavy (non-hydrogen) atoms. The molecule has 2 saturated carbocycles. The van der Waals surface area contributed by atoms with E-state index in [9.17, 15) is 0 Å². The van der Waals surface area contributed by atoms with Crippen molar-refractivity contribution in [1.29, 1.82) is 0 Å². The Kier molecular flexibility index (Phi) is 5.63. The molecule has 2 aliphatic rings. The van der Waals surface area contributed by atoms with Gasteiger partial charge in [-0.3, -0.25) is 5.10 Å².